The zero-order chi connectivity index (χ0) is 10.2. The Morgan fingerprint density at radius 2 is 1.93 bits per heavy atom. The van der Waals surface area contributed by atoms with E-state index >= 15 is 0 Å². The normalized spacial score (nSPS) is 22.9. The van der Waals surface area contributed by atoms with Crippen molar-refractivity contribution in [2.45, 2.75) is 39.5 Å². The van der Waals surface area contributed by atoms with Crippen LogP contribution in [0.15, 0.2) is 0 Å². The fourth-order valence-electron chi connectivity index (χ4n) is 2.37. The van der Waals surface area contributed by atoms with Gasteiger partial charge in [-0.2, -0.15) is 0 Å². The monoisotopic (exact) mass is 198 g/mol. The topological polar surface area (TPSA) is 15.3 Å². The van der Waals surface area contributed by atoms with E-state index in [1.54, 1.807) is 0 Å². The molecule has 1 atom stereocenters. The molecule has 0 bridgehead atoms. The summed E-state index contributed by atoms with van der Waals surface area (Å²) in [6, 6.07) is 0. The number of hydrogen-bond acceptors (Lipinski definition) is 2. The van der Waals surface area contributed by atoms with Crippen molar-refractivity contribution in [3.8, 4) is 0 Å². The highest BCUT2D eigenvalue weighted by atomic mass is 15.1. The van der Waals surface area contributed by atoms with Crippen molar-refractivity contribution in [1.82, 2.24) is 10.2 Å². The summed E-state index contributed by atoms with van der Waals surface area (Å²) in [5.74, 6) is 0.904. The van der Waals surface area contributed by atoms with Crippen LogP contribution in [0.25, 0.3) is 0 Å². The van der Waals surface area contributed by atoms with Gasteiger partial charge < -0.3 is 10.2 Å². The lowest BCUT2D eigenvalue weighted by atomic mass is 9.99. The highest BCUT2D eigenvalue weighted by Gasteiger charge is 2.15. The van der Waals surface area contributed by atoms with Crippen LogP contribution in [0, 0.1) is 5.92 Å². The van der Waals surface area contributed by atoms with Crippen molar-refractivity contribution in [3.05, 3.63) is 0 Å². The van der Waals surface area contributed by atoms with Crippen LogP contribution < -0.4 is 5.32 Å². The zero-order valence-electron chi connectivity index (χ0n) is 9.89. The molecule has 0 radical (unpaired) electrons. The first-order chi connectivity index (χ1) is 6.86. The maximum absolute atomic E-state index is 3.50. The van der Waals surface area contributed by atoms with E-state index in [9.17, 15) is 0 Å². The molecule has 0 aromatic carbocycles. The molecule has 84 valence electrons. The minimum atomic E-state index is 0.904. The molecule has 0 aliphatic carbocycles. The van der Waals surface area contributed by atoms with Crippen molar-refractivity contribution in [3.63, 3.8) is 0 Å². The summed E-state index contributed by atoms with van der Waals surface area (Å²) in [5.41, 5.74) is 0. The molecule has 0 unspecified atom stereocenters. The molecule has 1 aliphatic heterocycles. The first-order valence-electron chi connectivity index (χ1n) is 6.29. The third kappa shape index (κ3) is 4.43. The van der Waals surface area contributed by atoms with Gasteiger partial charge in [-0.15, -0.1) is 0 Å². The minimum Gasteiger partial charge on any atom is -0.316 e. The average Bonchev–Trinajstić information content (AvgIpc) is 2.20. The van der Waals surface area contributed by atoms with Gasteiger partial charge in [0.2, 0.25) is 0 Å². The molecule has 14 heavy (non-hydrogen) atoms. The molecule has 0 aromatic rings. The lowest BCUT2D eigenvalue weighted by Crippen LogP contribution is -2.38. The highest BCUT2D eigenvalue weighted by Crippen LogP contribution is 2.12. The molecule has 1 rings (SSSR count). The van der Waals surface area contributed by atoms with Gasteiger partial charge in [0.15, 0.2) is 0 Å². The maximum atomic E-state index is 3.50. The van der Waals surface area contributed by atoms with Crippen LogP contribution in [0.3, 0.4) is 0 Å². The van der Waals surface area contributed by atoms with Gasteiger partial charge in [-0.1, -0.05) is 13.8 Å². The second-order valence-electron chi connectivity index (χ2n) is 4.51. The molecular formula is C12H26N2. The SMILES string of the molecule is CCCN(CCC)C[C@@H]1CCCNC1. The predicted octanol–water partition coefficient (Wildman–Crippen LogP) is 2.11. The van der Waals surface area contributed by atoms with Crippen LogP contribution >= 0.6 is 0 Å². The highest BCUT2D eigenvalue weighted by molar-refractivity contribution is 4.72. The van der Waals surface area contributed by atoms with Crippen LogP contribution in [0.4, 0.5) is 0 Å². The zero-order valence-corrected chi connectivity index (χ0v) is 9.89. The van der Waals surface area contributed by atoms with E-state index in [-0.39, 0.29) is 0 Å². The van der Waals surface area contributed by atoms with Gasteiger partial charge in [-0.3, -0.25) is 0 Å². The van der Waals surface area contributed by atoms with Crippen molar-refractivity contribution >= 4 is 0 Å². The van der Waals surface area contributed by atoms with E-state index in [1.165, 1.54) is 58.4 Å². The molecule has 1 N–H and O–H groups in total. The van der Waals surface area contributed by atoms with Crippen molar-refractivity contribution in [2.75, 3.05) is 32.7 Å². The molecule has 0 saturated carbocycles. The average molecular weight is 198 g/mol. The van der Waals surface area contributed by atoms with Gasteiger partial charge >= 0.3 is 0 Å². The number of hydrogen-bond donors (Lipinski definition) is 1. The Bertz CT molecular complexity index is 124. The quantitative estimate of drug-likeness (QED) is 0.703. The number of nitrogens with one attached hydrogen (secondary N) is 1. The largest absolute Gasteiger partial charge is 0.316 e. The molecule has 2 heteroatoms. The Morgan fingerprint density at radius 1 is 1.21 bits per heavy atom. The third-order valence-electron chi connectivity index (χ3n) is 3.00. The third-order valence-corrected chi connectivity index (χ3v) is 3.00. The predicted molar refractivity (Wildman–Crippen MR) is 62.6 cm³/mol. The van der Waals surface area contributed by atoms with Gasteiger partial charge in [0.05, 0.1) is 0 Å². The van der Waals surface area contributed by atoms with Crippen LogP contribution in [-0.2, 0) is 0 Å². The van der Waals surface area contributed by atoms with Crippen molar-refractivity contribution in [2.24, 2.45) is 5.92 Å². The summed E-state index contributed by atoms with van der Waals surface area (Å²) in [6.45, 7) is 10.9. The number of rotatable bonds is 6. The van der Waals surface area contributed by atoms with E-state index in [0.29, 0.717) is 0 Å². The van der Waals surface area contributed by atoms with E-state index in [1.807, 2.05) is 0 Å². The molecule has 2 nitrogen and oxygen atoms in total. The second-order valence-corrected chi connectivity index (χ2v) is 4.51. The van der Waals surface area contributed by atoms with E-state index in [2.05, 4.69) is 24.1 Å². The van der Waals surface area contributed by atoms with Gasteiger partial charge in [-0.05, 0) is 57.8 Å². The maximum Gasteiger partial charge on any atom is 0.00218 e. The Balaban J connectivity index is 2.21. The molecule has 1 fully saturated rings. The Labute approximate surface area is 89.1 Å². The summed E-state index contributed by atoms with van der Waals surface area (Å²) in [7, 11) is 0. The molecule has 1 heterocycles. The summed E-state index contributed by atoms with van der Waals surface area (Å²) in [6.07, 6.45) is 5.38. The molecular weight excluding hydrogens is 172 g/mol. The Kier molecular flexibility index (Phi) is 6.20. The van der Waals surface area contributed by atoms with Crippen LogP contribution in [-0.4, -0.2) is 37.6 Å². The van der Waals surface area contributed by atoms with Gasteiger partial charge in [0.25, 0.3) is 0 Å². The summed E-state index contributed by atoms with van der Waals surface area (Å²) in [4.78, 5) is 2.64. The van der Waals surface area contributed by atoms with Crippen molar-refractivity contribution in [1.29, 1.82) is 0 Å². The summed E-state index contributed by atoms with van der Waals surface area (Å²) < 4.78 is 0. The van der Waals surface area contributed by atoms with Gasteiger partial charge in [0.1, 0.15) is 0 Å². The van der Waals surface area contributed by atoms with E-state index in [4.69, 9.17) is 0 Å². The fourth-order valence-corrected chi connectivity index (χ4v) is 2.37. The summed E-state index contributed by atoms with van der Waals surface area (Å²) >= 11 is 0. The second kappa shape index (κ2) is 7.24. The Hall–Kier alpha value is -0.0800. The van der Waals surface area contributed by atoms with Crippen LogP contribution in [0.5, 0.6) is 0 Å². The molecule has 0 aromatic heterocycles. The van der Waals surface area contributed by atoms with Crippen LogP contribution in [0.2, 0.25) is 0 Å². The molecule has 1 saturated heterocycles. The molecule has 0 spiro atoms. The van der Waals surface area contributed by atoms with E-state index in [0.717, 1.165) is 5.92 Å². The fraction of sp³-hybridized carbons (Fsp3) is 1.00. The lowest BCUT2D eigenvalue weighted by molar-refractivity contribution is 0.208. The first kappa shape index (κ1) is 12.0. The first-order valence-corrected chi connectivity index (χ1v) is 6.29. The number of nitrogens with zero attached hydrogens (tertiary/aromatic N) is 1. The van der Waals surface area contributed by atoms with E-state index < -0.39 is 0 Å². The smallest absolute Gasteiger partial charge is 0.00218 e. The van der Waals surface area contributed by atoms with Gasteiger partial charge in [-0.25, -0.2) is 0 Å². The molecule has 0 amide bonds. The van der Waals surface area contributed by atoms with Gasteiger partial charge in [0, 0.05) is 6.54 Å². The molecule has 1 aliphatic rings. The lowest BCUT2D eigenvalue weighted by Gasteiger charge is -2.29. The Morgan fingerprint density at radius 3 is 2.43 bits per heavy atom. The van der Waals surface area contributed by atoms with Crippen LogP contribution in [0.1, 0.15) is 39.5 Å². The van der Waals surface area contributed by atoms with Crippen molar-refractivity contribution < 1.29 is 0 Å². The number of piperidine rings is 1. The summed E-state index contributed by atoms with van der Waals surface area (Å²) in [5, 5.41) is 3.50. The standard InChI is InChI=1S/C12H26N2/c1-3-8-14(9-4-2)11-12-6-5-7-13-10-12/h12-13H,3-11H2,1-2H3/t12-/m1/s1. The minimum absolute atomic E-state index is 0.904.